The molecule has 0 aromatic rings. The van der Waals surface area contributed by atoms with Crippen molar-refractivity contribution in [3.63, 3.8) is 0 Å². The van der Waals surface area contributed by atoms with Gasteiger partial charge in [-0.1, -0.05) is 20.3 Å². The van der Waals surface area contributed by atoms with Gasteiger partial charge in [0.05, 0.1) is 0 Å². The highest BCUT2D eigenvalue weighted by molar-refractivity contribution is 7.99. The van der Waals surface area contributed by atoms with E-state index in [9.17, 15) is 4.79 Å². The Kier molecular flexibility index (Phi) is 9.82. The Labute approximate surface area is 104 Å². The van der Waals surface area contributed by atoms with E-state index < -0.39 is 0 Å². The Bertz CT molecular complexity index is 169. The van der Waals surface area contributed by atoms with E-state index in [1.54, 1.807) is 6.92 Å². The third-order valence-electron chi connectivity index (χ3n) is 2.22. The zero-order valence-electron chi connectivity index (χ0n) is 10.2. The number of Topliss-reactive ketones (excluding diaryl/α,β-unsaturated/α-hetero) is 1. The van der Waals surface area contributed by atoms with Gasteiger partial charge < -0.3 is 4.79 Å². The lowest BCUT2D eigenvalue weighted by molar-refractivity contribution is -0.117. The van der Waals surface area contributed by atoms with Gasteiger partial charge >= 0.3 is 0 Å². The molecule has 0 aliphatic heterocycles. The number of hydrogen-bond donors (Lipinski definition) is 1. The van der Waals surface area contributed by atoms with Gasteiger partial charge in [0.2, 0.25) is 0 Å². The topological polar surface area (TPSA) is 17.1 Å². The molecule has 0 fully saturated rings. The highest BCUT2D eigenvalue weighted by Crippen LogP contribution is 2.17. The second-order valence-corrected chi connectivity index (χ2v) is 6.72. The van der Waals surface area contributed by atoms with Crippen molar-refractivity contribution >= 4 is 30.2 Å². The molecule has 0 heterocycles. The standard InChI is InChI=1S/C12H24OS2/c1-10(2)15-9-8-12(14)7-5-4-6-11(3)13/h10,12,14H,4-9H2,1-3H3. The van der Waals surface area contributed by atoms with Crippen molar-refractivity contribution in [3.8, 4) is 0 Å². The molecule has 0 aromatic heterocycles. The van der Waals surface area contributed by atoms with Gasteiger partial charge in [-0.3, -0.25) is 0 Å². The first-order chi connectivity index (χ1) is 7.02. The van der Waals surface area contributed by atoms with Crippen molar-refractivity contribution < 1.29 is 4.79 Å². The number of hydrogen-bond acceptors (Lipinski definition) is 3. The van der Waals surface area contributed by atoms with Crippen molar-refractivity contribution in [2.75, 3.05) is 5.75 Å². The first kappa shape index (κ1) is 15.4. The lowest BCUT2D eigenvalue weighted by atomic mass is 10.1. The number of ketones is 1. The molecule has 0 spiro atoms. The minimum atomic E-state index is 0.307. The van der Waals surface area contributed by atoms with E-state index in [0.717, 1.165) is 30.9 Å². The number of unbranched alkanes of at least 4 members (excludes halogenated alkanes) is 1. The Morgan fingerprint density at radius 2 is 1.93 bits per heavy atom. The fraction of sp³-hybridized carbons (Fsp3) is 0.917. The third kappa shape index (κ3) is 12.3. The zero-order valence-corrected chi connectivity index (χ0v) is 11.9. The Balaban J connectivity index is 3.25. The van der Waals surface area contributed by atoms with Crippen LogP contribution >= 0.6 is 24.4 Å². The van der Waals surface area contributed by atoms with Crippen molar-refractivity contribution in [3.05, 3.63) is 0 Å². The van der Waals surface area contributed by atoms with Crippen LogP contribution in [0.4, 0.5) is 0 Å². The molecule has 15 heavy (non-hydrogen) atoms. The van der Waals surface area contributed by atoms with Crippen LogP contribution in [0.3, 0.4) is 0 Å². The van der Waals surface area contributed by atoms with Gasteiger partial charge in [0.15, 0.2) is 0 Å². The fourth-order valence-corrected chi connectivity index (χ4v) is 2.72. The highest BCUT2D eigenvalue weighted by atomic mass is 32.2. The summed E-state index contributed by atoms with van der Waals surface area (Å²) in [6, 6.07) is 0. The van der Waals surface area contributed by atoms with Crippen molar-refractivity contribution in [1.82, 2.24) is 0 Å². The average molecular weight is 248 g/mol. The van der Waals surface area contributed by atoms with Gasteiger partial charge in [0.25, 0.3) is 0 Å². The predicted molar refractivity (Wildman–Crippen MR) is 74.1 cm³/mol. The van der Waals surface area contributed by atoms with Crippen LogP contribution in [0.1, 0.15) is 52.9 Å². The summed E-state index contributed by atoms with van der Waals surface area (Å²) in [6.07, 6.45) is 5.24. The average Bonchev–Trinajstić information content (AvgIpc) is 2.11. The van der Waals surface area contributed by atoms with E-state index >= 15 is 0 Å². The lowest BCUT2D eigenvalue weighted by Gasteiger charge is -2.10. The van der Waals surface area contributed by atoms with Crippen LogP contribution in [0.2, 0.25) is 0 Å². The van der Waals surface area contributed by atoms with Crippen molar-refractivity contribution in [1.29, 1.82) is 0 Å². The highest BCUT2D eigenvalue weighted by Gasteiger charge is 2.04. The third-order valence-corrected chi connectivity index (χ3v) is 3.87. The maximum Gasteiger partial charge on any atom is 0.129 e. The summed E-state index contributed by atoms with van der Waals surface area (Å²) < 4.78 is 0. The summed E-state index contributed by atoms with van der Waals surface area (Å²) in [4.78, 5) is 10.7. The van der Waals surface area contributed by atoms with Crippen molar-refractivity contribution in [2.45, 2.75) is 63.4 Å². The minimum absolute atomic E-state index is 0.307. The summed E-state index contributed by atoms with van der Waals surface area (Å²) in [7, 11) is 0. The molecule has 0 amide bonds. The second-order valence-electron chi connectivity index (χ2n) is 4.31. The summed E-state index contributed by atoms with van der Waals surface area (Å²) >= 11 is 6.56. The molecular formula is C12H24OS2. The van der Waals surface area contributed by atoms with Crippen LogP contribution in [-0.2, 0) is 4.79 Å². The Morgan fingerprint density at radius 3 is 2.47 bits per heavy atom. The second kappa shape index (κ2) is 9.59. The van der Waals surface area contributed by atoms with Crippen LogP contribution in [-0.4, -0.2) is 22.0 Å². The van der Waals surface area contributed by atoms with E-state index in [0.29, 0.717) is 11.0 Å². The number of carbonyl (C=O) groups is 1. The molecule has 1 unspecified atom stereocenters. The largest absolute Gasteiger partial charge is 0.300 e. The van der Waals surface area contributed by atoms with Gasteiger partial charge in [-0.15, -0.1) is 0 Å². The fourth-order valence-electron chi connectivity index (χ4n) is 1.34. The molecule has 0 saturated heterocycles. The van der Waals surface area contributed by atoms with Gasteiger partial charge in [-0.25, -0.2) is 0 Å². The maximum absolute atomic E-state index is 10.7. The van der Waals surface area contributed by atoms with Gasteiger partial charge in [0.1, 0.15) is 5.78 Å². The molecular weight excluding hydrogens is 224 g/mol. The number of carbonyl (C=O) groups excluding carboxylic acids is 1. The predicted octanol–water partition coefficient (Wildman–Crippen LogP) is 3.97. The molecule has 0 bridgehead atoms. The number of rotatable bonds is 9. The summed E-state index contributed by atoms with van der Waals surface area (Å²) in [5.41, 5.74) is 0. The van der Waals surface area contributed by atoms with Gasteiger partial charge in [0, 0.05) is 11.7 Å². The van der Waals surface area contributed by atoms with Crippen LogP contribution in [0.25, 0.3) is 0 Å². The molecule has 0 rings (SSSR count). The van der Waals surface area contributed by atoms with E-state index in [-0.39, 0.29) is 0 Å². The van der Waals surface area contributed by atoms with E-state index in [1.807, 2.05) is 11.8 Å². The molecule has 3 heteroatoms. The zero-order chi connectivity index (χ0) is 11.7. The molecule has 1 nitrogen and oxygen atoms in total. The van der Waals surface area contributed by atoms with E-state index in [1.165, 1.54) is 12.2 Å². The molecule has 0 aromatic carbocycles. The SMILES string of the molecule is CC(=O)CCCCC(S)CCSC(C)C. The molecule has 0 N–H and O–H groups in total. The minimum Gasteiger partial charge on any atom is -0.300 e. The summed E-state index contributed by atoms with van der Waals surface area (Å²) in [5, 5.41) is 1.24. The number of thioether (sulfide) groups is 1. The molecule has 0 aliphatic carbocycles. The van der Waals surface area contributed by atoms with Gasteiger partial charge in [-0.2, -0.15) is 24.4 Å². The van der Waals surface area contributed by atoms with Crippen LogP contribution in [0.15, 0.2) is 0 Å². The van der Waals surface area contributed by atoms with Crippen LogP contribution in [0, 0.1) is 0 Å². The molecule has 0 aliphatic rings. The Hall–Kier alpha value is 0.370. The van der Waals surface area contributed by atoms with Gasteiger partial charge in [-0.05, 0) is 37.2 Å². The Morgan fingerprint density at radius 1 is 1.27 bits per heavy atom. The van der Waals surface area contributed by atoms with E-state index in [4.69, 9.17) is 0 Å². The van der Waals surface area contributed by atoms with Crippen molar-refractivity contribution in [2.24, 2.45) is 0 Å². The molecule has 1 atom stereocenters. The van der Waals surface area contributed by atoms with Crippen LogP contribution < -0.4 is 0 Å². The smallest absolute Gasteiger partial charge is 0.129 e. The van der Waals surface area contributed by atoms with E-state index in [2.05, 4.69) is 26.5 Å². The molecule has 90 valence electrons. The monoisotopic (exact) mass is 248 g/mol. The number of thiol groups is 1. The first-order valence-corrected chi connectivity index (χ1v) is 7.38. The molecule has 0 radical (unpaired) electrons. The molecule has 0 saturated carbocycles. The lowest BCUT2D eigenvalue weighted by Crippen LogP contribution is -2.02. The summed E-state index contributed by atoms with van der Waals surface area (Å²) in [5.74, 6) is 1.51. The first-order valence-electron chi connectivity index (χ1n) is 5.81. The summed E-state index contributed by atoms with van der Waals surface area (Å²) in [6.45, 7) is 6.12. The maximum atomic E-state index is 10.7. The normalized spacial score (nSPS) is 13.1. The quantitative estimate of drug-likeness (QED) is 0.491. The van der Waals surface area contributed by atoms with Crippen LogP contribution in [0.5, 0.6) is 0 Å².